The summed E-state index contributed by atoms with van der Waals surface area (Å²) in [6, 6.07) is 1.90. The molecule has 0 saturated carbocycles. The van der Waals surface area contributed by atoms with E-state index < -0.39 is 34.0 Å². The molecule has 9 heteroatoms. The fraction of sp³-hybridized carbons (Fsp3) is 0.500. The van der Waals surface area contributed by atoms with E-state index in [1.807, 2.05) is 0 Å². The molecule has 23 heavy (non-hydrogen) atoms. The predicted molar refractivity (Wildman–Crippen MR) is 79.2 cm³/mol. The zero-order valence-corrected chi connectivity index (χ0v) is 13.3. The average molecular weight is 347 g/mol. The van der Waals surface area contributed by atoms with Crippen molar-refractivity contribution in [1.29, 1.82) is 0 Å². The van der Waals surface area contributed by atoms with Gasteiger partial charge in [-0.2, -0.15) is 4.72 Å². The molecule has 1 aliphatic rings. The molecule has 1 aliphatic heterocycles. The lowest BCUT2D eigenvalue weighted by Gasteiger charge is -2.17. The van der Waals surface area contributed by atoms with E-state index in [2.05, 4.69) is 4.72 Å². The molecule has 2 rings (SSSR count). The number of aliphatic carboxylic acids is 1. The van der Waals surface area contributed by atoms with Gasteiger partial charge in [0.1, 0.15) is 6.04 Å². The molecule has 0 radical (unpaired) electrons. The van der Waals surface area contributed by atoms with Crippen molar-refractivity contribution in [2.45, 2.75) is 25.0 Å². The van der Waals surface area contributed by atoms with Gasteiger partial charge in [0.05, 0.1) is 19.0 Å². The Bertz CT molecular complexity index is 672. The molecule has 0 aromatic heterocycles. The van der Waals surface area contributed by atoms with E-state index in [1.54, 1.807) is 0 Å². The number of carboxylic acid groups (broad SMARTS) is 1. The first-order valence-electron chi connectivity index (χ1n) is 7.00. The number of hydrogen-bond acceptors (Lipinski definition) is 5. The van der Waals surface area contributed by atoms with Crippen molar-refractivity contribution in [1.82, 2.24) is 4.72 Å². The zero-order chi connectivity index (χ0) is 17.0. The van der Waals surface area contributed by atoms with Crippen molar-refractivity contribution in [3.8, 4) is 5.75 Å². The smallest absolute Gasteiger partial charge is 0.326 e. The van der Waals surface area contributed by atoms with Crippen LogP contribution < -0.4 is 9.46 Å². The fourth-order valence-electron chi connectivity index (χ4n) is 2.37. The fourth-order valence-corrected chi connectivity index (χ4v) is 3.82. The van der Waals surface area contributed by atoms with E-state index in [-0.39, 0.29) is 17.1 Å². The topological polar surface area (TPSA) is 102 Å². The van der Waals surface area contributed by atoms with Crippen LogP contribution in [0, 0.1) is 5.82 Å². The van der Waals surface area contributed by atoms with Gasteiger partial charge in [-0.15, -0.1) is 0 Å². The van der Waals surface area contributed by atoms with E-state index in [0.29, 0.717) is 13.0 Å². The normalized spacial score (nSPS) is 19.5. The summed E-state index contributed by atoms with van der Waals surface area (Å²) in [4.78, 5) is 11.4. The first-order valence-corrected chi connectivity index (χ1v) is 8.65. The second-order valence-electron chi connectivity index (χ2n) is 5.20. The van der Waals surface area contributed by atoms with Crippen LogP contribution in [0.3, 0.4) is 0 Å². The minimum absolute atomic E-state index is 0.0216. The van der Waals surface area contributed by atoms with Crippen LogP contribution in [0.5, 0.6) is 5.75 Å². The van der Waals surface area contributed by atoms with E-state index in [1.165, 1.54) is 19.2 Å². The van der Waals surface area contributed by atoms with Crippen LogP contribution in [0.15, 0.2) is 18.2 Å². The molecular weight excluding hydrogens is 329 g/mol. The summed E-state index contributed by atoms with van der Waals surface area (Å²) < 4.78 is 50.0. The predicted octanol–water partition coefficient (Wildman–Crippen LogP) is 1.06. The van der Waals surface area contributed by atoms with Crippen molar-refractivity contribution >= 4 is 16.0 Å². The van der Waals surface area contributed by atoms with Crippen molar-refractivity contribution in [2.75, 3.05) is 19.5 Å². The first kappa shape index (κ1) is 17.6. The molecule has 2 atom stereocenters. The van der Waals surface area contributed by atoms with Crippen molar-refractivity contribution in [3.63, 3.8) is 0 Å². The van der Waals surface area contributed by atoms with Crippen LogP contribution in [0.25, 0.3) is 0 Å². The van der Waals surface area contributed by atoms with Gasteiger partial charge in [-0.3, -0.25) is 4.79 Å². The number of nitrogens with one attached hydrogen (secondary N) is 1. The van der Waals surface area contributed by atoms with Crippen molar-refractivity contribution in [3.05, 3.63) is 29.6 Å². The number of methoxy groups -OCH3 is 1. The van der Waals surface area contributed by atoms with Gasteiger partial charge >= 0.3 is 5.97 Å². The lowest BCUT2D eigenvalue weighted by molar-refractivity contribution is -0.139. The van der Waals surface area contributed by atoms with Gasteiger partial charge < -0.3 is 14.6 Å². The number of benzene rings is 1. The van der Waals surface area contributed by atoms with Crippen LogP contribution in [0.2, 0.25) is 0 Å². The summed E-state index contributed by atoms with van der Waals surface area (Å²) in [6.07, 6.45) is 0.928. The Labute approximate surface area is 133 Å². The molecule has 2 unspecified atom stereocenters. The highest BCUT2D eigenvalue weighted by atomic mass is 32.2. The Morgan fingerprint density at radius 1 is 1.57 bits per heavy atom. The Kier molecular flexibility index (Phi) is 5.55. The third-order valence-corrected chi connectivity index (χ3v) is 4.89. The molecule has 0 bridgehead atoms. The standard InChI is InChI=1S/C14H18FNO6S/c1-21-12-5-4-9(7-11(12)15)13(14(17)18)16-23(19,20)8-10-3-2-6-22-10/h4-5,7,10,13,16H,2-3,6,8H2,1H3,(H,17,18). The maximum atomic E-state index is 13.7. The van der Waals surface area contributed by atoms with Gasteiger partial charge in [0.15, 0.2) is 11.6 Å². The largest absolute Gasteiger partial charge is 0.494 e. The van der Waals surface area contributed by atoms with Crippen LogP contribution in [0.4, 0.5) is 4.39 Å². The van der Waals surface area contributed by atoms with Gasteiger partial charge in [-0.05, 0) is 30.5 Å². The molecule has 7 nitrogen and oxygen atoms in total. The summed E-state index contributed by atoms with van der Waals surface area (Å²) in [6.45, 7) is 0.492. The number of rotatable bonds is 7. The number of sulfonamides is 1. The molecule has 1 aromatic rings. The summed E-state index contributed by atoms with van der Waals surface area (Å²) in [7, 11) is -2.62. The molecule has 0 aliphatic carbocycles. The van der Waals surface area contributed by atoms with Gasteiger partial charge in [0.25, 0.3) is 0 Å². The number of halogens is 1. The summed E-state index contributed by atoms with van der Waals surface area (Å²) >= 11 is 0. The Hall–Kier alpha value is -1.71. The van der Waals surface area contributed by atoms with Crippen molar-refractivity contribution < 1.29 is 32.2 Å². The van der Waals surface area contributed by atoms with Crippen LogP contribution >= 0.6 is 0 Å². The van der Waals surface area contributed by atoms with E-state index >= 15 is 0 Å². The highest BCUT2D eigenvalue weighted by Gasteiger charge is 2.30. The number of hydrogen-bond donors (Lipinski definition) is 2. The number of carboxylic acids is 1. The minimum atomic E-state index is -3.90. The summed E-state index contributed by atoms with van der Waals surface area (Å²) in [5.74, 6) is -2.57. The molecule has 128 valence electrons. The highest BCUT2D eigenvalue weighted by Crippen LogP contribution is 2.23. The SMILES string of the molecule is COc1ccc(C(NS(=O)(=O)CC2CCCO2)C(=O)O)cc1F. The zero-order valence-electron chi connectivity index (χ0n) is 12.5. The Balaban J connectivity index is 2.18. The van der Waals surface area contributed by atoms with Gasteiger partial charge in [0, 0.05) is 6.61 Å². The van der Waals surface area contributed by atoms with Crippen molar-refractivity contribution in [2.24, 2.45) is 0 Å². The second-order valence-corrected chi connectivity index (χ2v) is 7.00. The molecule has 2 N–H and O–H groups in total. The number of ether oxygens (including phenoxy) is 2. The molecule has 1 heterocycles. The highest BCUT2D eigenvalue weighted by molar-refractivity contribution is 7.89. The summed E-state index contributed by atoms with van der Waals surface area (Å²) in [5, 5.41) is 9.26. The third kappa shape index (κ3) is 4.63. The van der Waals surface area contributed by atoms with E-state index in [0.717, 1.165) is 12.5 Å². The lowest BCUT2D eigenvalue weighted by Crippen LogP contribution is -2.38. The molecule has 1 saturated heterocycles. The van der Waals surface area contributed by atoms with E-state index in [9.17, 15) is 22.7 Å². The monoisotopic (exact) mass is 347 g/mol. The maximum Gasteiger partial charge on any atom is 0.326 e. The van der Waals surface area contributed by atoms with Gasteiger partial charge in [-0.25, -0.2) is 12.8 Å². The van der Waals surface area contributed by atoms with Crippen LogP contribution in [0.1, 0.15) is 24.4 Å². The molecule has 0 spiro atoms. The van der Waals surface area contributed by atoms with E-state index in [4.69, 9.17) is 9.47 Å². The summed E-state index contributed by atoms with van der Waals surface area (Å²) in [5.41, 5.74) is -0.0216. The van der Waals surface area contributed by atoms with Gasteiger partial charge in [-0.1, -0.05) is 6.07 Å². The molecule has 1 aromatic carbocycles. The Morgan fingerprint density at radius 3 is 2.83 bits per heavy atom. The van der Waals surface area contributed by atoms with Gasteiger partial charge in [0.2, 0.25) is 10.0 Å². The molecule has 1 fully saturated rings. The van der Waals surface area contributed by atoms with Crippen LogP contribution in [-0.4, -0.2) is 45.1 Å². The average Bonchev–Trinajstić information content (AvgIpc) is 2.96. The molecular formula is C14H18FNO6S. The molecule has 0 amide bonds. The lowest BCUT2D eigenvalue weighted by atomic mass is 10.1. The second kappa shape index (κ2) is 7.24. The Morgan fingerprint density at radius 2 is 2.30 bits per heavy atom. The first-order chi connectivity index (χ1) is 10.8. The maximum absolute atomic E-state index is 13.7. The number of carbonyl (C=O) groups is 1. The quantitative estimate of drug-likeness (QED) is 0.765. The van der Waals surface area contributed by atoms with Crippen LogP contribution in [-0.2, 0) is 19.6 Å². The third-order valence-electron chi connectivity index (χ3n) is 3.48. The minimum Gasteiger partial charge on any atom is -0.494 e.